The van der Waals surface area contributed by atoms with Crippen LogP contribution in [-0.4, -0.2) is 34.7 Å². The minimum atomic E-state index is -3.24. The molecule has 0 fully saturated rings. The molecule has 0 unspecified atom stereocenters. The maximum absolute atomic E-state index is 14.5. The molecule has 9 heteroatoms. The van der Waals surface area contributed by atoms with E-state index < -0.39 is 24.4 Å². The molecule has 0 aliphatic carbocycles. The maximum atomic E-state index is 14.5. The first-order valence-electron chi connectivity index (χ1n) is 10.0. The van der Waals surface area contributed by atoms with Crippen molar-refractivity contribution in [3.8, 4) is 11.5 Å². The van der Waals surface area contributed by atoms with Gasteiger partial charge in [-0.1, -0.05) is 30.3 Å². The molecule has 0 saturated heterocycles. The van der Waals surface area contributed by atoms with Crippen LogP contribution in [0.1, 0.15) is 40.1 Å². The van der Waals surface area contributed by atoms with Gasteiger partial charge in [0.25, 0.3) is 5.91 Å². The van der Waals surface area contributed by atoms with Crippen molar-refractivity contribution in [3.63, 3.8) is 0 Å². The van der Waals surface area contributed by atoms with Crippen molar-refractivity contribution in [1.29, 1.82) is 0 Å². The Morgan fingerprint density at radius 2 is 1.73 bits per heavy atom. The molecule has 1 amide bonds. The molecule has 7 nitrogen and oxygen atoms in total. The average Bonchev–Trinajstić information content (AvgIpc) is 2.78. The lowest BCUT2D eigenvalue weighted by Crippen LogP contribution is -2.23. The molecule has 0 radical (unpaired) electrons. The molecule has 0 saturated carbocycles. The predicted octanol–water partition coefficient (Wildman–Crippen LogP) is 4.99. The number of rotatable bonds is 9. The molecule has 2 N–H and O–H groups in total. The van der Waals surface area contributed by atoms with Gasteiger partial charge in [0.15, 0.2) is 6.61 Å². The number of amides is 1. The molecule has 3 rings (SSSR count). The third kappa shape index (κ3) is 6.49. The molecular formula is C24H22F2N2O5. The number of carbonyl (C=O) groups is 2. The first-order chi connectivity index (χ1) is 15.6. The van der Waals surface area contributed by atoms with Gasteiger partial charge < -0.3 is 19.9 Å². The standard InChI is InChI=1S/C24H22F2N2O5/c1-15(2)33-20-11-17(22(29)28-21-9-8-16(13-27-21)23(30)31)10-19(12-20)32-14-24(25,26)18-6-4-3-5-7-18/h3-13,15H,14H2,1-2H3,(H,30,31)(H,27,28,29). The van der Waals surface area contributed by atoms with Gasteiger partial charge in [-0.3, -0.25) is 4.79 Å². The summed E-state index contributed by atoms with van der Waals surface area (Å²) in [5, 5.41) is 11.5. The van der Waals surface area contributed by atoms with E-state index in [9.17, 15) is 18.4 Å². The molecule has 172 valence electrons. The number of aromatic carboxylic acids is 1. The fraction of sp³-hybridized carbons (Fsp3) is 0.208. The molecule has 0 spiro atoms. The van der Waals surface area contributed by atoms with Crippen molar-refractivity contribution in [2.45, 2.75) is 25.9 Å². The van der Waals surface area contributed by atoms with Crippen LogP contribution in [0, 0.1) is 0 Å². The number of carboxylic acid groups (broad SMARTS) is 1. The number of nitrogens with one attached hydrogen (secondary N) is 1. The van der Waals surface area contributed by atoms with Crippen molar-refractivity contribution in [2.75, 3.05) is 11.9 Å². The summed E-state index contributed by atoms with van der Waals surface area (Å²) < 4.78 is 40.0. The number of nitrogens with zero attached hydrogens (tertiary/aromatic N) is 1. The van der Waals surface area contributed by atoms with Gasteiger partial charge in [0.05, 0.1) is 11.7 Å². The number of halogens is 2. The Morgan fingerprint density at radius 1 is 1.03 bits per heavy atom. The molecular weight excluding hydrogens is 434 g/mol. The van der Waals surface area contributed by atoms with Crippen LogP contribution < -0.4 is 14.8 Å². The largest absolute Gasteiger partial charge is 0.491 e. The minimum Gasteiger partial charge on any atom is -0.491 e. The summed E-state index contributed by atoms with van der Waals surface area (Å²) in [5.74, 6) is -4.56. The van der Waals surface area contributed by atoms with E-state index in [1.807, 2.05) is 0 Å². The minimum absolute atomic E-state index is 0.0306. The highest BCUT2D eigenvalue weighted by molar-refractivity contribution is 6.04. The van der Waals surface area contributed by atoms with E-state index in [0.29, 0.717) is 0 Å². The summed E-state index contributed by atoms with van der Waals surface area (Å²) >= 11 is 0. The second-order valence-electron chi connectivity index (χ2n) is 7.41. The lowest BCUT2D eigenvalue weighted by Gasteiger charge is -2.19. The van der Waals surface area contributed by atoms with Crippen LogP contribution in [0.2, 0.25) is 0 Å². The van der Waals surface area contributed by atoms with Gasteiger partial charge in [-0.2, -0.15) is 8.78 Å². The molecule has 0 atom stereocenters. The Balaban J connectivity index is 1.80. The van der Waals surface area contributed by atoms with Gasteiger partial charge >= 0.3 is 11.9 Å². The topological polar surface area (TPSA) is 97.8 Å². The number of carboxylic acids is 1. The second kappa shape index (κ2) is 10.1. The molecule has 1 heterocycles. The van der Waals surface area contributed by atoms with Crippen LogP contribution in [-0.2, 0) is 5.92 Å². The third-order valence-electron chi connectivity index (χ3n) is 4.38. The summed E-state index contributed by atoms with van der Waals surface area (Å²) in [4.78, 5) is 27.5. The summed E-state index contributed by atoms with van der Waals surface area (Å²) in [6, 6.07) is 14.1. The fourth-order valence-corrected chi connectivity index (χ4v) is 2.85. The number of anilines is 1. The van der Waals surface area contributed by atoms with Crippen LogP contribution in [0.4, 0.5) is 14.6 Å². The van der Waals surface area contributed by atoms with E-state index in [2.05, 4.69) is 10.3 Å². The predicted molar refractivity (Wildman–Crippen MR) is 117 cm³/mol. The Hall–Kier alpha value is -4.01. The van der Waals surface area contributed by atoms with Gasteiger partial charge in [-0.15, -0.1) is 0 Å². The van der Waals surface area contributed by atoms with Crippen molar-refractivity contribution in [1.82, 2.24) is 4.98 Å². The van der Waals surface area contributed by atoms with Crippen molar-refractivity contribution < 1.29 is 33.0 Å². The SMILES string of the molecule is CC(C)Oc1cc(OCC(F)(F)c2ccccc2)cc(C(=O)Nc2ccc(C(=O)O)cn2)c1. The zero-order valence-corrected chi connectivity index (χ0v) is 17.9. The van der Waals surface area contributed by atoms with Gasteiger partial charge in [-0.05, 0) is 38.1 Å². The van der Waals surface area contributed by atoms with Crippen LogP contribution in [0.25, 0.3) is 0 Å². The van der Waals surface area contributed by atoms with Gasteiger partial charge in [0.1, 0.15) is 17.3 Å². The molecule has 0 aliphatic rings. The van der Waals surface area contributed by atoms with Crippen LogP contribution in [0.5, 0.6) is 11.5 Å². The van der Waals surface area contributed by atoms with E-state index in [-0.39, 0.29) is 40.1 Å². The quantitative estimate of drug-likeness (QED) is 0.471. The first kappa shape index (κ1) is 23.6. The summed E-state index contributed by atoms with van der Waals surface area (Å²) in [7, 11) is 0. The number of ether oxygens (including phenoxy) is 2. The number of pyridine rings is 1. The third-order valence-corrected chi connectivity index (χ3v) is 4.38. The Kier molecular flexibility index (Phi) is 7.22. The highest BCUT2D eigenvalue weighted by Gasteiger charge is 2.32. The zero-order valence-electron chi connectivity index (χ0n) is 17.9. The molecule has 3 aromatic rings. The van der Waals surface area contributed by atoms with Gasteiger partial charge in [-0.25, -0.2) is 9.78 Å². The number of hydrogen-bond acceptors (Lipinski definition) is 5. The van der Waals surface area contributed by atoms with E-state index >= 15 is 0 Å². The second-order valence-corrected chi connectivity index (χ2v) is 7.41. The summed E-state index contributed by atoms with van der Waals surface area (Å²) in [6.45, 7) is 2.64. The van der Waals surface area contributed by atoms with E-state index in [4.69, 9.17) is 14.6 Å². The smallest absolute Gasteiger partial charge is 0.337 e. The van der Waals surface area contributed by atoms with Crippen molar-refractivity contribution in [2.24, 2.45) is 0 Å². The highest BCUT2D eigenvalue weighted by atomic mass is 19.3. The first-order valence-corrected chi connectivity index (χ1v) is 10.0. The molecule has 1 aromatic heterocycles. The van der Waals surface area contributed by atoms with Gasteiger partial charge in [0, 0.05) is 23.4 Å². The number of aromatic nitrogens is 1. The Bertz CT molecular complexity index is 1120. The van der Waals surface area contributed by atoms with Crippen molar-refractivity contribution in [3.05, 3.63) is 83.6 Å². The lowest BCUT2D eigenvalue weighted by molar-refractivity contribution is -0.0467. The number of benzene rings is 2. The van der Waals surface area contributed by atoms with Crippen LogP contribution >= 0.6 is 0 Å². The summed E-state index contributed by atoms with van der Waals surface area (Å²) in [6.07, 6.45) is 0.878. The maximum Gasteiger partial charge on any atom is 0.337 e. The average molecular weight is 456 g/mol. The Morgan fingerprint density at radius 3 is 2.33 bits per heavy atom. The normalized spacial score (nSPS) is 11.2. The van der Waals surface area contributed by atoms with Gasteiger partial charge in [0.2, 0.25) is 0 Å². The van der Waals surface area contributed by atoms with E-state index in [0.717, 1.165) is 6.20 Å². The lowest BCUT2D eigenvalue weighted by atomic mass is 10.1. The zero-order chi connectivity index (χ0) is 24.0. The van der Waals surface area contributed by atoms with Crippen molar-refractivity contribution >= 4 is 17.7 Å². The molecule has 0 aliphatic heterocycles. The molecule has 0 bridgehead atoms. The summed E-state index contributed by atoms with van der Waals surface area (Å²) in [5.41, 5.74) is -0.126. The monoisotopic (exact) mass is 456 g/mol. The number of alkyl halides is 2. The molecule has 2 aromatic carbocycles. The van der Waals surface area contributed by atoms with Crippen LogP contribution in [0.15, 0.2) is 66.9 Å². The van der Waals surface area contributed by atoms with E-state index in [1.165, 1.54) is 54.6 Å². The molecule has 33 heavy (non-hydrogen) atoms. The van der Waals surface area contributed by atoms with Crippen LogP contribution in [0.3, 0.4) is 0 Å². The Labute approximate surface area is 189 Å². The number of hydrogen-bond donors (Lipinski definition) is 2. The fourth-order valence-electron chi connectivity index (χ4n) is 2.85. The van der Waals surface area contributed by atoms with E-state index in [1.54, 1.807) is 19.9 Å². The number of carbonyl (C=O) groups excluding carboxylic acids is 1. The highest BCUT2D eigenvalue weighted by Crippen LogP contribution is 2.31.